The lowest BCUT2D eigenvalue weighted by atomic mass is 9.42. The Bertz CT molecular complexity index is 1020. The molecular weight excluding hydrogens is 504 g/mol. The van der Waals surface area contributed by atoms with Gasteiger partial charge in [0, 0.05) is 25.0 Å². The molecule has 4 aliphatic carbocycles. The molecule has 6 aliphatic rings. The molecular formula is C30H46O9. The van der Waals surface area contributed by atoms with E-state index in [0.717, 1.165) is 37.7 Å². The van der Waals surface area contributed by atoms with Crippen molar-refractivity contribution in [1.82, 2.24) is 0 Å². The number of ether oxygens (including phenoxy) is 4. The summed E-state index contributed by atoms with van der Waals surface area (Å²) in [6, 6.07) is 0. The number of hydrogen-bond donors (Lipinski definition) is 4. The number of rotatable bonds is 4. The SMILES string of the molecule is CO[C@H]1[C@@H](O)[C@@H](C)O[C@H](O[C@H]2CCC3(C)C4CCC5(C)[C@@H](C6=CC(=O)OC6)CC[C@]5(O)[C@@H]4CC[C@]3(O)C2)[C@@H]1O. The van der Waals surface area contributed by atoms with Crippen molar-refractivity contribution in [3.63, 3.8) is 0 Å². The van der Waals surface area contributed by atoms with E-state index in [1.807, 2.05) is 0 Å². The Morgan fingerprint density at radius 3 is 2.36 bits per heavy atom. The zero-order valence-electron chi connectivity index (χ0n) is 23.7. The Balaban J connectivity index is 1.19. The standard InChI is InChI=1S/C30H46O9/c1-16-23(32)25(36-4)24(33)26(38-16)39-18-5-9-27(2)20-6-10-28(3)19(17-13-22(31)37-15-17)8-12-30(28,35)21(20)7-11-29(27,34)14-18/h13,16,18-21,23-26,32-35H,5-12,14-15H2,1-4H3/t16-,18+,19-,20?,21-,23+,24-,25+,26-,27?,28?,29+,30+/m1/s1. The molecule has 5 fully saturated rings. The highest BCUT2D eigenvalue weighted by Crippen LogP contribution is 2.70. The summed E-state index contributed by atoms with van der Waals surface area (Å²) in [6.45, 7) is 6.48. The van der Waals surface area contributed by atoms with Gasteiger partial charge >= 0.3 is 5.97 Å². The van der Waals surface area contributed by atoms with Crippen LogP contribution < -0.4 is 0 Å². The summed E-state index contributed by atoms with van der Waals surface area (Å²) < 4.78 is 22.6. The molecule has 9 heteroatoms. The van der Waals surface area contributed by atoms with Gasteiger partial charge in [-0.15, -0.1) is 0 Å². The number of hydrogen-bond acceptors (Lipinski definition) is 9. The summed E-state index contributed by atoms with van der Waals surface area (Å²) in [4.78, 5) is 11.8. The van der Waals surface area contributed by atoms with Crippen LogP contribution in [0.1, 0.15) is 78.6 Å². The summed E-state index contributed by atoms with van der Waals surface area (Å²) in [5.74, 6) is 0.151. The quantitative estimate of drug-likeness (QED) is 0.307. The number of carbonyl (C=O) groups excluding carboxylic acids is 1. The van der Waals surface area contributed by atoms with Crippen LogP contribution >= 0.6 is 0 Å². The van der Waals surface area contributed by atoms with Crippen LogP contribution in [0.4, 0.5) is 0 Å². The molecule has 220 valence electrons. The molecule has 6 rings (SSSR count). The van der Waals surface area contributed by atoms with Gasteiger partial charge in [-0.2, -0.15) is 0 Å². The van der Waals surface area contributed by atoms with Crippen molar-refractivity contribution in [3.05, 3.63) is 11.6 Å². The molecule has 9 nitrogen and oxygen atoms in total. The van der Waals surface area contributed by atoms with Crippen LogP contribution in [0.2, 0.25) is 0 Å². The van der Waals surface area contributed by atoms with Gasteiger partial charge in [-0.1, -0.05) is 13.8 Å². The minimum atomic E-state index is -1.13. The maximum absolute atomic E-state index is 12.4. The van der Waals surface area contributed by atoms with Gasteiger partial charge in [-0.25, -0.2) is 4.79 Å². The number of esters is 1. The third-order valence-electron chi connectivity index (χ3n) is 12.5. The predicted octanol–water partition coefficient (Wildman–Crippen LogP) is 2.23. The van der Waals surface area contributed by atoms with Gasteiger partial charge in [-0.05, 0) is 87.0 Å². The van der Waals surface area contributed by atoms with E-state index in [1.54, 1.807) is 13.0 Å². The molecule has 0 amide bonds. The van der Waals surface area contributed by atoms with E-state index >= 15 is 0 Å². The summed E-state index contributed by atoms with van der Waals surface area (Å²) in [5, 5.41) is 45.7. The first-order valence-electron chi connectivity index (χ1n) is 14.9. The van der Waals surface area contributed by atoms with Crippen LogP contribution in [0, 0.1) is 28.6 Å². The molecule has 3 unspecified atom stereocenters. The average molecular weight is 551 g/mol. The zero-order chi connectivity index (χ0) is 28.0. The fourth-order valence-electron chi connectivity index (χ4n) is 10.1. The first-order valence-corrected chi connectivity index (χ1v) is 14.9. The van der Waals surface area contributed by atoms with Crippen LogP contribution in [0.15, 0.2) is 11.6 Å². The van der Waals surface area contributed by atoms with E-state index in [2.05, 4.69) is 13.8 Å². The van der Waals surface area contributed by atoms with Crippen molar-refractivity contribution in [1.29, 1.82) is 0 Å². The molecule has 0 spiro atoms. The fourth-order valence-corrected chi connectivity index (χ4v) is 10.1. The second-order valence-electron chi connectivity index (χ2n) is 13.9. The highest BCUT2D eigenvalue weighted by molar-refractivity contribution is 5.85. The first kappa shape index (κ1) is 28.1. The number of carbonyl (C=O) groups is 1. The molecule has 0 aromatic rings. The molecule has 0 aromatic carbocycles. The molecule has 0 bridgehead atoms. The van der Waals surface area contributed by atoms with Gasteiger partial charge in [0.2, 0.25) is 0 Å². The average Bonchev–Trinajstić information content (AvgIpc) is 3.43. The van der Waals surface area contributed by atoms with Crippen LogP contribution in [-0.2, 0) is 23.7 Å². The van der Waals surface area contributed by atoms with Gasteiger partial charge in [0.15, 0.2) is 6.29 Å². The summed E-state index contributed by atoms with van der Waals surface area (Å²) >= 11 is 0. The number of methoxy groups -OCH3 is 1. The van der Waals surface area contributed by atoms with E-state index in [1.165, 1.54) is 7.11 Å². The minimum Gasteiger partial charge on any atom is -0.458 e. The topological polar surface area (TPSA) is 135 Å². The van der Waals surface area contributed by atoms with E-state index in [0.29, 0.717) is 32.3 Å². The highest BCUT2D eigenvalue weighted by Gasteiger charge is 2.70. The minimum absolute atomic E-state index is 0.0934. The molecule has 4 saturated carbocycles. The Hall–Kier alpha value is -1.07. The molecule has 2 heterocycles. The Labute approximate surface area is 230 Å². The van der Waals surface area contributed by atoms with Crippen LogP contribution in [0.3, 0.4) is 0 Å². The maximum atomic E-state index is 12.4. The van der Waals surface area contributed by atoms with Crippen molar-refractivity contribution in [2.24, 2.45) is 28.6 Å². The monoisotopic (exact) mass is 550 g/mol. The summed E-state index contributed by atoms with van der Waals surface area (Å²) in [7, 11) is 1.45. The Kier molecular flexibility index (Phi) is 6.82. The predicted molar refractivity (Wildman–Crippen MR) is 139 cm³/mol. The van der Waals surface area contributed by atoms with Crippen molar-refractivity contribution in [2.75, 3.05) is 13.7 Å². The lowest BCUT2D eigenvalue weighted by Gasteiger charge is -2.66. The fraction of sp³-hybridized carbons (Fsp3) is 0.900. The second-order valence-corrected chi connectivity index (χ2v) is 13.9. The van der Waals surface area contributed by atoms with Crippen LogP contribution in [-0.4, -0.2) is 88.1 Å². The van der Waals surface area contributed by atoms with E-state index in [-0.39, 0.29) is 40.7 Å². The lowest BCUT2D eigenvalue weighted by Crippen LogP contribution is -2.67. The molecule has 1 saturated heterocycles. The second kappa shape index (κ2) is 9.48. The Morgan fingerprint density at radius 2 is 1.67 bits per heavy atom. The van der Waals surface area contributed by atoms with E-state index in [9.17, 15) is 25.2 Å². The van der Waals surface area contributed by atoms with Crippen molar-refractivity contribution in [3.8, 4) is 0 Å². The van der Waals surface area contributed by atoms with Crippen molar-refractivity contribution in [2.45, 2.75) is 127 Å². The Morgan fingerprint density at radius 1 is 0.949 bits per heavy atom. The van der Waals surface area contributed by atoms with Crippen LogP contribution in [0.25, 0.3) is 0 Å². The van der Waals surface area contributed by atoms with Gasteiger partial charge in [-0.3, -0.25) is 0 Å². The number of aliphatic hydroxyl groups is 4. The molecule has 4 N–H and O–H groups in total. The molecule has 2 aliphatic heterocycles. The van der Waals surface area contributed by atoms with Crippen LogP contribution in [0.5, 0.6) is 0 Å². The molecule has 39 heavy (non-hydrogen) atoms. The van der Waals surface area contributed by atoms with E-state index in [4.69, 9.17) is 18.9 Å². The maximum Gasteiger partial charge on any atom is 0.331 e. The number of aliphatic hydroxyl groups excluding tert-OH is 2. The molecule has 0 radical (unpaired) electrons. The van der Waals surface area contributed by atoms with Gasteiger partial charge < -0.3 is 39.4 Å². The van der Waals surface area contributed by atoms with Crippen molar-refractivity contribution >= 4 is 5.97 Å². The highest BCUT2D eigenvalue weighted by atomic mass is 16.7. The third-order valence-corrected chi connectivity index (χ3v) is 12.5. The first-order chi connectivity index (χ1) is 18.4. The van der Waals surface area contributed by atoms with E-state index < -0.39 is 41.9 Å². The van der Waals surface area contributed by atoms with Gasteiger partial charge in [0.05, 0.1) is 23.4 Å². The largest absolute Gasteiger partial charge is 0.458 e. The lowest BCUT2D eigenvalue weighted by molar-refractivity contribution is -0.321. The van der Waals surface area contributed by atoms with Crippen molar-refractivity contribution < 1.29 is 44.2 Å². The van der Waals surface area contributed by atoms with Gasteiger partial charge in [0.1, 0.15) is 24.9 Å². The zero-order valence-corrected chi connectivity index (χ0v) is 23.7. The normalized spacial score (nSPS) is 55.3. The van der Waals surface area contributed by atoms with Gasteiger partial charge in [0.25, 0.3) is 0 Å². The number of cyclic esters (lactones) is 1. The molecule has 13 atom stereocenters. The molecule has 0 aromatic heterocycles. The summed E-state index contributed by atoms with van der Waals surface area (Å²) in [6.07, 6.45) is 3.58. The summed E-state index contributed by atoms with van der Waals surface area (Å²) in [5.41, 5.74) is -1.43. The smallest absolute Gasteiger partial charge is 0.331 e. The third kappa shape index (κ3) is 3.94. The number of fused-ring (bicyclic) bond motifs is 5.